The molecule has 0 amide bonds. The maximum Gasteiger partial charge on any atom is 0.0926 e. The summed E-state index contributed by atoms with van der Waals surface area (Å²) in [5.74, 6) is 1.78. The van der Waals surface area contributed by atoms with E-state index < -0.39 is 0 Å². The second-order valence-corrected chi connectivity index (χ2v) is 10.5. The van der Waals surface area contributed by atoms with Crippen LogP contribution in [0.4, 0.5) is 0 Å². The topological polar surface area (TPSA) is 29.5 Å². The van der Waals surface area contributed by atoms with Crippen LogP contribution < -0.4 is 0 Å². The summed E-state index contributed by atoms with van der Waals surface area (Å²) in [7, 11) is 0. The quantitative estimate of drug-likeness (QED) is 0.212. The lowest BCUT2D eigenvalue weighted by Gasteiger charge is -2.29. The van der Waals surface area contributed by atoms with Gasteiger partial charge in [0.2, 0.25) is 0 Å². The first-order valence-corrected chi connectivity index (χ1v) is 13.7. The van der Waals surface area contributed by atoms with Crippen molar-refractivity contribution >= 4 is 10.8 Å². The molecular weight excluding hydrogens is 428 g/mol. The van der Waals surface area contributed by atoms with Gasteiger partial charge in [0, 0.05) is 12.5 Å². The highest BCUT2D eigenvalue weighted by molar-refractivity contribution is 5.87. The van der Waals surface area contributed by atoms with Crippen molar-refractivity contribution in [3.8, 4) is 11.1 Å². The molecule has 186 valence electrons. The van der Waals surface area contributed by atoms with Crippen LogP contribution in [0.5, 0.6) is 0 Å². The van der Waals surface area contributed by atoms with Crippen molar-refractivity contribution in [1.29, 1.82) is 0 Å². The lowest BCUT2D eigenvalue weighted by atomic mass is 9.77. The Hall–Kier alpha value is -2.58. The van der Waals surface area contributed by atoms with Crippen molar-refractivity contribution in [2.24, 2.45) is 11.8 Å². The Morgan fingerprint density at radius 1 is 0.914 bits per heavy atom. The molecule has 1 atom stereocenters. The Bertz CT molecular complexity index is 1060. The molecule has 1 N–H and O–H groups in total. The summed E-state index contributed by atoms with van der Waals surface area (Å²) in [5.41, 5.74) is 5.30. The molecule has 2 heteroatoms. The molecule has 0 radical (unpaired) electrons. The van der Waals surface area contributed by atoms with E-state index in [1.165, 1.54) is 90.7 Å². The van der Waals surface area contributed by atoms with E-state index in [1.807, 2.05) is 0 Å². The molecule has 0 saturated heterocycles. The maximum absolute atomic E-state index is 9.63. The Kier molecular flexibility index (Phi) is 9.42. The molecule has 0 aliphatic heterocycles. The second-order valence-electron chi connectivity index (χ2n) is 10.5. The molecule has 4 rings (SSSR count). The number of hydrogen-bond donors (Lipinski definition) is 1. The van der Waals surface area contributed by atoms with Crippen LogP contribution in [0.1, 0.15) is 75.3 Å². The van der Waals surface area contributed by atoms with Gasteiger partial charge < -0.3 is 9.84 Å². The second kappa shape index (κ2) is 12.9. The zero-order valence-electron chi connectivity index (χ0n) is 21.4. The van der Waals surface area contributed by atoms with E-state index in [1.54, 1.807) is 0 Å². The molecule has 0 aromatic heterocycles. The van der Waals surface area contributed by atoms with Crippen LogP contribution in [0, 0.1) is 11.8 Å². The third-order valence-corrected chi connectivity index (χ3v) is 7.92. The van der Waals surface area contributed by atoms with Gasteiger partial charge in [-0.1, -0.05) is 93.8 Å². The molecular formula is C33H42O2. The molecule has 1 aliphatic carbocycles. The number of aliphatic hydroxyl groups excluding tert-OH is 1. The van der Waals surface area contributed by atoms with E-state index in [9.17, 15) is 5.11 Å². The van der Waals surface area contributed by atoms with Gasteiger partial charge in [0.05, 0.1) is 12.9 Å². The van der Waals surface area contributed by atoms with E-state index in [2.05, 4.69) is 74.2 Å². The van der Waals surface area contributed by atoms with Gasteiger partial charge in [-0.25, -0.2) is 0 Å². The van der Waals surface area contributed by atoms with Crippen LogP contribution in [0.25, 0.3) is 21.9 Å². The maximum atomic E-state index is 9.63. The van der Waals surface area contributed by atoms with Gasteiger partial charge in [0.1, 0.15) is 0 Å². The fourth-order valence-corrected chi connectivity index (χ4v) is 5.73. The molecule has 1 unspecified atom stereocenters. The van der Waals surface area contributed by atoms with E-state index in [0.717, 1.165) is 18.3 Å². The zero-order valence-corrected chi connectivity index (χ0v) is 21.4. The normalized spacial score (nSPS) is 18.9. The fraction of sp³-hybridized carbons (Fsp3) is 0.455. The van der Waals surface area contributed by atoms with Crippen molar-refractivity contribution in [2.45, 2.75) is 70.6 Å². The van der Waals surface area contributed by atoms with Gasteiger partial charge in [-0.2, -0.15) is 0 Å². The van der Waals surface area contributed by atoms with Crippen LogP contribution in [0.3, 0.4) is 0 Å². The average Bonchev–Trinajstić information content (AvgIpc) is 2.91. The average molecular weight is 471 g/mol. The summed E-state index contributed by atoms with van der Waals surface area (Å²) in [4.78, 5) is 0. The van der Waals surface area contributed by atoms with Crippen LogP contribution in [0.15, 0.2) is 73.5 Å². The standard InChI is InChI=1S/C33H42O2/c1-3-5-6-7-25-8-11-28(12-9-25)29-14-16-30(17-15-29)32-19-18-31-21-26(10-13-33(31)22-32)20-27(23-34)24-35-4-2/h4,10,13-19,21-22,25,27-28,34H,2-3,5-9,11-12,20,23-24H2,1H3. The molecule has 2 nitrogen and oxygen atoms in total. The van der Waals surface area contributed by atoms with Gasteiger partial charge in [-0.15, -0.1) is 0 Å². The Labute approximate surface area is 212 Å². The van der Waals surface area contributed by atoms with Gasteiger partial charge in [-0.3, -0.25) is 0 Å². The number of rotatable bonds is 12. The van der Waals surface area contributed by atoms with E-state index in [-0.39, 0.29) is 12.5 Å². The molecule has 0 bridgehead atoms. The van der Waals surface area contributed by atoms with Gasteiger partial charge in [0.15, 0.2) is 0 Å². The third kappa shape index (κ3) is 6.98. The summed E-state index contributed by atoms with van der Waals surface area (Å²) in [6, 6.07) is 22.7. The number of aliphatic hydroxyl groups is 1. The SMILES string of the molecule is C=COCC(CO)Cc1ccc2cc(-c3ccc(C4CCC(CCCCC)CC4)cc3)ccc2c1. The van der Waals surface area contributed by atoms with Crippen LogP contribution >= 0.6 is 0 Å². The molecule has 1 saturated carbocycles. The largest absolute Gasteiger partial charge is 0.501 e. The molecule has 0 heterocycles. The number of fused-ring (bicyclic) bond motifs is 1. The smallest absolute Gasteiger partial charge is 0.0926 e. The first kappa shape index (κ1) is 25.5. The highest BCUT2D eigenvalue weighted by Gasteiger charge is 2.22. The predicted molar refractivity (Wildman–Crippen MR) is 149 cm³/mol. The molecule has 3 aromatic carbocycles. The number of ether oxygens (including phenoxy) is 1. The lowest BCUT2D eigenvalue weighted by Crippen LogP contribution is -2.15. The van der Waals surface area contributed by atoms with Crippen molar-refractivity contribution in [2.75, 3.05) is 13.2 Å². The van der Waals surface area contributed by atoms with Crippen LogP contribution in [-0.4, -0.2) is 18.3 Å². The molecule has 1 aliphatic rings. The molecule has 35 heavy (non-hydrogen) atoms. The van der Waals surface area contributed by atoms with Crippen molar-refractivity contribution in [1.82, 2.24) is 0 Å². The van der Waals surface area contributed by atoms with Gasteiger partial charge >= 0.3 is 0 Å². The van der Waals surface area contributed by atoms with Crippen molar-refractivity contribution < 1.29 is 9.84 Å². The summed E-state index contributed by atoms with van der Waals surface area (Å²) in [6.45, 7) is 6.49. The van der Waals surface area contributed by atoms with Crippen molar-refractivity contribution in [3.63, 3.8) is 0 Å². The van der Waals surface area contributed by atoms with Crippen LogP contribution in [-0.2, 0) is 11.2 Å². The predicted octanol–water partition coefficient (Wildman–Crippen LogP) is 8.67. The minimum Gasteiger partial charge on any atom is -0.501 e. The first-order chi connectivity index (χ1) is 17.2. The summed E-state index contributed by atoms with van der Waals surface area (Å²) in [6.07, 6.45) is 13.3. The molecule has 0 spiro atoms. The molecule has 3 aromatic rings. The van der Waals surface area contributed by atoms with E-state index >= 15 is 0 Å². The number of hydrogen-bond acceptors (Lipinski definition) is 2. The van der Waals surface area contributed by atoms with Gasteiger partial charge in [-0.05, 0) is 83.0 Å². The highest BCUT2D eigenvalue weighted by atomic mass is 16.5. The minimum absolute atomic E-state index is 0.0827. The lowest BCUT2D eigenvalue weighted by molar-refractivity contribution is 0.135. The third-order valence-electron chi connectivity index (χ3n) is 7.92. The first-order valence-electron chi connectivity index (χ1n) is 13.7. The number of benzene rings is 3. The Morgan fingerprint density at radius 2 is 1.63 bits per heavy atom. The zero-order chi connectivity index (χ0) is 24.5. The van der Waals surface area contributed by atoms with Crippen LogP contribution in [0.2, 0.25) is 0 Å². The summed E-state index contributed by atoms with van der Waals surface area (Å²) in [5, 5.41) is 12.1. The van der Waals surface area contributed by atoms with Gasteiger partial charge in [0.25, 0.3) is 0 Å². The summed E-state index contributed by atoms with van der Waals surface area (Å²) >= 11 is 0. The monoisotopic (exact) mass is 470 g/mol. The summed E-state index contributed by atoms with van der Waals surface area (Å²) < 4.78 is 5.28. The minimum atomic E-state index is 0.0827. The Balaban J connectivity index is 1.38. The fourth-order valence-electron chi connectivity index (χ4n) is 5.73. The van der Waals surface area contributed by atoms with E-state index in [4.69, 9.17) is 4.74 Å². The Morgan fingerprint density at radius 3 is 2.34 bits per heavy atom. The number of unbranched alkanes of at least 4 members (excludes halogenated alkanes) is 2. The van der Waals surface area contributed by atoms with Crippen molar-refractivity contribution in [3.05, 3.63) is 84.6 Å². The molecule has 1 fully saturated rings. The van der Waals surface area contributed by atoms with E-state index in [0.29, 0.717) is 6.61 Å². The highest BCUT2D eigenvalue weighted by Crippen LogP contribution is 2.38.